The summed E-state index contributed by atoms with van der Waals surface area (Å²) in [6.45, 7) is 4.07. The Balaban J connectivity index is 2.05. The van der Waals surface area contributed by atoms with Crippen molar-refractivity contribution in [3.63, 3.8) is 0 Å². The Hall–Kier alpha value is -1.64. The van der Waals surface area contributed by atoms with E-state index in [1.807, 2.05) is 31.2 Å². The van der Waals surface area contributed by atoms with Crippen LogP contribution in [0.2, 0.25) is 0 Å². The second-order valence-corrected chi connectivity index (χ2v) is 8.17. The van der Waals surface area contributed by atoms with E-state index in [1.54, 1.807) is 18.9 Å². The number of hydrogen-bond acceptors (Lipinski definition) is 6. The minimum absolute atomic E-state index is 0.0617. The van der Waals surface area contributed by atoms with Gasteiger partial charge in [-0.05, 0) is 31.5 Å². The third kappa shape index (κ3) is 3.58. The van der Waals surface area contributed by atoms with Crippen molar-refractivity contribution in [1.82, 2.24) is 4.90 Å². The third-order valence-corrected chi connectivity index (χ3v) is 5.71. The molecule has 6 nitrogen and oxygen atoms in total. The molecular formula is C18H19BrN2O4S. The summed E-state index contributed by atoms with van der Waals surface area (Å²) in [5.41, 5.74) is 1.77. The number of methoxy groups -OCH3 is 1. The van der Waals surface area contributed by atoms with E-state index >= 15 is 0 Å². The maximum atomic E-state index is 12.8. The van der Waals surface area contributed by atoms with Gasteiger partial charge in [0.25, 0.3) is 0 Å². The Morgan fingerprint density at radius 1 is 1.38 bits per heavy atom. The van der Waals surface area contributed by atoms with Gasteiger partial charge in [-0.2, -0.15) is 0 Å². The second kappa shape index (κ2) is 7.94. The molecule has 2 aliphatic rings. The molecule has 1 fully saturated rings. The van der Waals surface area contributed by atoms with E-state index in [0.29, 0.717) is 23.0 Å². The number of esters is 1. The number of fused-ring (bicyclic) bond motifs is 1. The number of rotatable bonds is 5. The lowest BCUT2D eigenvalue weighted by Crippen LogP contribution is -2.40. The summed E-state index contributed by atoms with van der Waals surface area (Å²) in [5, 5.41) is 0.387. The molecule has 2 heterocycles. The van der Waals surface area contributed by atoms with Gasteiger partial charge in [0, 0.05) is 11.6 Å². The van der Waals surface area contributed by atoms with E-state index in [9.17, 15) is 9.59 Å². The minimum Gasteiger partial charge on any atom is -0.460 e. The Bertz CT molecular complexity index is 808. The topological polar surface area (TPSA) is 68.2 Å². The molecule has 8 heteroatoms. The molecule has 0 spiro atoms. The van der Waals surface area contributed by atoms with Crippen molar-refractivity contribution in [2.75, 3.05) is 20.3 Å². The fourth-order valence-corrected chi connectivity index (χ4v) is 4.40. The van der Waals surface area contributed by atoms with E-state index in [-0.39, 0.29) is 17.8 Å². The van der Waals surface area contributed by atoms with Crippen molar-refractivity contribution < 1.29 is 19.1 Å². The zero-order chi connectivity index (χ0) is 18.8. The quantitative estimate of drug-likeness (QED) is 0.521. The van der Waals surface area contributed by atoms with Crippen LogP contribution in [0.25, 0.3) is 0 Å². The molecule has 0 aliphatic carbocycles. The molecule has 3 rings (SSSR count). The van der Waals surface area contributed by atoms with Crippen molar-refractivity contribution in [2.24, 2.45) is 4.99 Å². The highest BCUT2D eigenvalue weighted by molar-refractivity contribution is 9.10. The smallest absolute Gasteiger partial charge is 0.338 e. The van der Waals surface area contributed by atoms with Gasteiger partial charge in [0.2, 0.25) is 5.91 Å². The van der Waals surface area contributed by atoms with Crippen molar-refractivity contribution in [3.8, 4) is 0 Å². The summed E-state index contributed by atoms with van der Waals surface area (Å²) < 4.78 is 11.1. The Kier molecular flexibility index (Phi) is 5.84. The molecule has 0 N–H and O–H groups in total. The van der Waals surface area contributed by atoms with Crippen LogP contribution in [0, 0.1) is 0 Å². The first-order chi connectivity index (χ1) is 12.4. The number of ether oxygens (including phenoxy) is 2. The lowest BCUT2D eigenvalue weighted by atomic mass is 9.94. The average Bonchev–Trinajstić information content (AvgIpc) is 2.87. The van der Waals surface area contributed by atoms with Gasteiger partial charge < -0.3 is 9.47 Å². The summed E-state index contributed by atoms with van der Waals surface area (Å²) in [5.74, 6) is -0.543. The molecule has 26 heavy (non-hydrogen) atoms. The molecule has 0 saturated carbocycles. The predicted octanol–water partition coefficient (Wildman–Crippen LogP) is 3.29. The Morgan fingerprint density at radius 3 is 2.85 bits per heavy atom. The first-order valence-corrected chi connectivity index (χ1v) is 9.82. The number of hydrogen-bond donors (Lipinski definition) is 0. The minimum atomic E-state index is -0.556. The van der Waals surface area contributed by atoms with Crippen LogP contribution in [0.15, 0.2) is 45.0 Å². The van der Waals surface area contributed by atoms with Crippen molar-refractivity contribution in [2.45, 2.75) is 25.1 Å². The van der Waals surface area contributed by atoms with E-state index in [4.69, 9.17) is 9.47 Å². The lowest BCUT2D eigenvalue weighted by molar-refractivity contribution is -0.141. The molecule has 0 radical (unpaired) electrons. The number of benzene rings is 1. The Morgan fingerprint density at radius 2 is 2.15 bits per heavy atom. The summed E-state index contributed by atoms with van der Waals surface area (Å²) in [6.07, 6.45) is 0. The van der Waals surface area contributed by atoms with Gasteiger partial charge in [0.1, 0.15) is 6.61 Å². The predicted molar refractivity (Wildman–Crippen MR) is 104 cm³/mol. The van der Waals surface area contributed by atoms with Crippen LogP contribution in [0.1, 0.15) is 25.5 Å². The number of nitrogens with zero attached hydrogens (tertiary/aromatic N) is 2. The first kappa shape index (κ1) is 19.1. The standard InChI is InChI=1S/C18H19BrN2O4S/c1-10-14(17(23)25-8-7-24-3)15(12-5-4-6-13(19)9-12)21-16(22)11(2)26-18(21)20-10/h4-6,9,11,15H,7-8H2,1-3H3. The number of amides is 1. The van der Waals surface area contributed by atoms with Gasteiger partial charge in [0.15, 0.2) is 5.17 Å². The fourth-order valence-electron chi connectivity index (χ4n) is 2.95. The molecule has 2 atom stereocenters. The molecular weight excluding hydrogens is 420 g/mol. The number of allylic oxidation sites excluding steroid dienone is 1. The van der Waals surface area contributed by atoms with Crippen LogP contribution < -0.4 is 0 Å². The summed E-state index contributed by atoms with van der Waals surface area (Å²) in [6, 6.07) is 7.03. The maximum absolute atomic E-state index is 12.8. The van der Waals surface area contributed by atoms with Crippen LogP contribution in [0.4, 0.5) is 0 Å². The van der Waals surface area contributed by atoms with Crippen molar-refractivity contribution in [1.29, 1.82) is 0 Å². The molecule has 2 unspecified atom stereocenters. The highest BCUT2D eigenvalue weighted by Crippen LogP contribution is 2.43. The van der Waals surface area contributed by atoms with E-state index < -0.39 is 12.0 Å². The van der Waals surface area contributed by atoms with Crippen molar-refractivity contribution in [3.05, 3.63) is 45.6 Å². The molecule has 0 bridgehead atoms. The van der Waals surface area contributed by atoms with Gasteiger partial charge in [-0.1, -0.05) is 39.8 Å². The molecule has 1 saturated heterocycles. The molecule has 1 aromatic carbocycles. The van der Waals surface area contributed by atoms with E-state index in [2.05, 4.69) is 20.9 Å². The third-order valence-electron chi connectivity index (χ3n) is 4.16. The summed E-state index contributed by atoms with van der Waals surface area (Å²) in [4.78, 5) is 31.6. The molecule has 1 aromatic rings. The summed E-state index contributed by atoms with van der Waals surface area (Å²) >= 11 is 4.87. The fraction of sp³-hybridized carbons (Fsp3) is 0.389. The van der Waals surface area contributed by atoms with Crippen LogP contribution in [0.3, 0.4) is 0 Å². The zero-order valence-electron chi connectivity index (χ0n) is 14.7. The highest BCUT2D eigenvalue weighted by atomic mass is 79.9. The van der Waals surface area contributed by atoms with E-state index in [0.717, 1.165) is 10.0 Å². The number of halogens is 1. The van der Waals surface area contributed by atoms with E-state index in [1.165, 1.54) is 11.8 Å². The molecule has 1 amide bonds. The number of amidine groups is 1. The number of carbonyl (C=O) groups is 2. The van der Waals surface area contributed by atoms with Crippen LogP contribution in [-0.2, 0) is 19.1 Å². The Labute approximate surface area is 164 Å². The van der Waals surface area contributed by atoms with Crippen LogP contribution in [-0.4, -0.2) is 47.5 Å². The zero-order valence-corrected chi connectivity index (χ0v) is 17.1. The molecule has 0 aromatic heterocycles. The average molecular weight is 439 g/mol. The van der Waals surface area contributed by atoms with Gasteiger partial charge in [0.05, 0.1) is 29.2 Å². The van der Waals surface area contributed by atoms with Crippen molar-refractivity contribution >= 4 is 44.7 Å². The van der Waals surface area contributed by atoms with Gasteiger partial charge in [-0.3, -0.25) is 9.69 Å². The second-order valence-electron chi connectivity index (χ2n) is 5.95. The monoisotopic (exact) mass is 438 g/mol. The normalized spacial score (nSPS) is 22.4. The first-order valence-electron chi connectivity index (χ1n) is 8.14. The number of aliphatic imine (C=N–C) groups is 1. The summed E-state index contributed by atoms with van der Waals surface area (Å²) in [7, 11) is 1.54. The molecule has 138 valence electrons. The number of carbonyl (C=O) groups excluding carboxylic acids is 2. The van der Waals surface area contributed by atoms with Gasteiger partial charge >= 0.3 is 5.97 Å². The SMILES string of the molecule is COCCOC(=O)C1=C(C)N=C2SC(C)C(=O)N2C1c1cccc(Br)c1. The van der Waals surface area contributed by atoms with Crippen LogP contribution >= 0.6 is 27.7 Å². The van der Waals surface area contributed by atoms with Crippen LogP contribution in [0.5, 0.6) is 0 Å². The van der Waals surface area contributed by atoms with Gasteiger partial charge in [-0.25, -0.2) is 9.79 Å². The molecule has 2 aliphatic heterocycles. The lowest BCUT2D eigenvalue weighted by Gasteiger charge is -2.33. The highest BCUT2D eigenvalue weighted by Gasteiger charge is 2.46. The number of thioether (sulfide) groups is 1. The largest absolute Gasteiger partial charge is 0.460 e. The maximum Gasteiger partial charge on any atom is 0.338 e. The van der Waals surface area contributed by atoms with Gasteiger partial charge in [-0.15, -0.1) is 0 Å².